The van der Waals surface area contributed by atoms with Gasteiger partial charge in [0.2, 0.25) is 0 Å². The van der Waals surface area contributed by atoms with E-state index in [0.717, 1.165) is 12.8 Å². The molecule has 4 rings (SSSR count). The van der Waals surface area contributed by atoms with E-state index in [2.05, 4.69) is 9.89 Å². The monoisotopic (exact) mass is 403 g/mol. The third-order valence-electron chi connectivity index (χ3n) is 4.55. The van der Waals surface area contributed by atoms with Gasteiger partial charge in [0.15, 0.2) is 6.29 Å². The average Bonchev–Trinajstić information content (AvgIpc) is 3.45. The van der Waals surface area contributed by atoms with Crippen LogP contribution in [0.2, 0.25) is 0 Å². The number of rotatable bonds is 7. The predicted octanol–water partition coefficient (Wildman–Crippen LogP) is 5.51. The van der Waals surface area contributed by atoms with Crippen LogP contribution in [0, 0.1) is 0 Å². The summed E-state index contributed by atoms with van der Waals surface area (Å²) in [5.41, 5.74) is 1.31. The molecule has 0 saturated heterocycles. The van der Waals surface area contributed by atoms with Crippen molar-refractivity contribution in [3.8, 4) is 22.8 Å². The van der Waals surface area contributed by atoms with E-state index in [1.54, 1.807) is 30.3 Å². The quantitative estimate of drug-likeness (QED) is 0.487. The molecule has 2 aromatic carbocycles. The molecule has 5 nitrogen and oxygen atoms in total. The van der Waals surface area contributed by atoms with Crippen LogP contribution in [0.25, 0.3) is 11.3 Å². The number of nitrogens with zero attached hydrogens (tertiary/aromatic N) is 1. The van der Waals surface area contributed by atoms with Crippen LogP contribution in [0.3, 0.4) is 0 Å². The van der Waals surface area contributed by atoms with E-state index in [1.807, 2.05) is 0 Å². The summed E-state index contributed by atoms with van der Waals surface area (Å²) in [6.45, 7) is -0.00410. The maximum absolute atomic E-state index is 12.8. The molecule has 0 aliphatic heterocycles. The van der Waals surface area contributed by atoms with Gasteiger partial charge in [0, 0.05) is 11.5 Å². The summed E-state index contributed by atoms with van der Waals surface area (Å²) in [5.74, 6) is 0.749. The van der Waals surface area contributed by atoms with Crippen LogP contribution in [0.15, 0.2) is 53.1 Å². The predicted molar refractivity (Wildman–Crippen MR) is 96.8 cm³/mol. The molecule has 0 atom stereocenters. The Morgan fingerprint density at radius 3 is 2.45 bits per heavy atom. The van der Waals surface area contributed by atoms with Gasteiger partial charge < -0.3 is 14.0 Å². The molecular formula is C21H16F3NO4. The van der Waals surface area contributed by atoms with Crippen molar-refractivity contribution in [2.75, 3.05) is 0 Å². The Bertz CT molecular complexity index is 1020. The van der Waals surface area contributed by atoms with Crippen LogP contribution in [0.4, 0.5) is 13.2 Å². The number of halogens is 3. The van der Waals surface area contributed by atoms with Gasteiger partial charge in [-0.15, -0.1) is 13.2 Å². The highest BCUT2D eigenvalue weighted by atomic mass is 19.4. The molecule has 0 N–H and O–H groups in total. The summed E-state index contributed by atoms with van der Waals surface area (Å²) < 4.78 is 53.9. The summed E-state index contributed by atoms with van der Waals surface area (Å²) in [6.07, 6.45) is -2.34. The molecular weight excluding hydrogens is 387 g/mol. The number of alkyl halides is 3. The standard InChI is InChI=1S/C21H16F3NO4/c22-21(23,24)28-18-8-4-2-6-15(18)19-16(20(29-25-19)13-9-10-13)12-27-17-7-3-1-5-14(17)11-26/h1-8,11,13H,9-10,12H2. The Balaban J connectivity index is 1.70. The van der Waals surface area contributed by atoms with Crippen molar-refractivity contribution in [1.29, 1.82) is 0 Å². The zero-order valence-corrected chi connectivity index (χ0v) is 15.1. The van der Waals surface area contributed by atoms with Gasteiger partial charge in [-0.3, -0.25) is 4.79 Å². The highest BCUT2D eigenvalue weighted by Crippen LogP contribution is 2.45. The number of ether oxygens (including phenoxy) is 2. The van der Waals surface area contributed by atoms with Crippen molar-refractivity contribution in [3.05, 3.63) is 65.4 Å². The van der Waals surface area contributed by atoms with Gasteiger partial charge in [0.25, 0.3) is 0 Å². The highest BCUT2D eigenvalue weighted by Gasteiger charge is 2.35. The lowest BCUT2D eigenvalue weighted by Gasteiger charge is -2.13. The molecule has 150 valence electrons. The minimum absolute atomic E-state index is 0.00410. The van der Waals surface area contributed by atoms with E-state index >= 15 is 0 Å². The molecule has 0 bridgehead atoms. The van der Waals surface area contributed by atoms with E-state index in [0.29, 0.717) is 28.9 Å². The second kappa shape index (κ2) is 7.62. The second-order valence-electron chi connectivity index (χ2n) is 6.64. The number of aromatic nitrogens is 1. The van der Waals surface area contributed by atoms with Crippen molar-refractivity contribution in [1.82, 2.24) is 5.16 Å². The SMILES string of the molecule is O=Cc1ccccc1OCc1c(-c2ccccc2OC(F)(F)F)noc1C1CC1. The van der Waals surface area contributed by atoms with E-state index in [1.165, 1.54) is 18.2 Å². The molecule has 0 radical (unpaired) electrons. The number of hydrogen-bond donors (Lipinski definition) is 0. The molecule has 0 unspecified atom stereocenters. The van der Waals surface area contributed by atoms with Gasteiger partial charge in [-0.25, -0.2) is 0 Å². The van der Waals surface area contributed by atoms with Gasteiger partial charge in [0.05, 0.1) is 11.1 Å². The molecule has 8 heteroatoms. The first-order valence-corrected chi connectivity index (χ1v) is 8.97. The van der Waals surface area contributed by atoms with Gasteiger partial charge in [0.1, 0.15) is 29.6 Å². The minimum atomic E-state index is -4.83. The number of carbonyl (C=O) groups excluding carboxylic acids is 1. The van der Waals surface area contributed by atoms with Crippen molar-refractivity contribution >= 4 is 6.29 Å². The smallest absolute Gasteiger partial charge is 0.488 e. The fraction of sp³-hybridized carbons (Fsp3) is 0.238. The van der Waals surface area contributed by atoms with Gasteiger partial charge in [-0.05, 0) is 37.1 Å². The largest absolute Gasteiger partial charge is 0.573 e. The number of benzene rings is 2. The molecule has 3 aromatic rings. The Kier molecular flexibility index (Phi) is 5.00. The molecule has 1 aliphatic rings. The summed E-state index contributed by atoms with van der Waals surface area (Å²) in [6, 6.07) is 12.4. The number of para-hydroxylation sites is 2. The zero-order valence-electron chi connectivity index (χ0n) is 15.1. The van der Waals surface area contributed by atoms with Crippen LogP contribution in [0.1, 0.15) is 40.4 Å². The first kappa shape index (κ1) is 19.0. The Morgan fingerprint density at radius 1 is 1.07 bits per heavy atom. The third kappa shape index (κ3) is 4.26. The number of carbonyl (C=O) groups is 1. The summed E-state index contributed by atoms with van der Waals surface area (Å²) in [4.78, 5) is 11.2. The van der Waals surface area contributed by atoms with Crippen LogP contribution in [-0.2, 0) is 6.61 Å². The maximum atomic E-state index is 12.8. The minimum Gasteiger partial charge on any atom is -0.488 e. The van der Waals surface area contributed by atoms with E-state index in [-0.39, 0.29) is 29.5 Å². The molecule has 0 spiro atoms. The molecule has 1 aromatic heterocycles. The summed E-state index contributed by atoms with van der Waals surface area (Å²) in [5, 5.41) is 4.02. The van der Waals surface area contributed by atoms with E-state index in [4.69, 9.17) is 9.26 Å². The molecule has 1 aliphatic carbocycles. The maximum Gasteiger partial charge on any atom is 0.573 e. The molecule has 1 saturated carbocycles. The van der Waals surface area contributed by atoms with Crippen LogP contribution < -0.4 is 9.47 Å². The van der Waals surface area contributed by atoms with Crippen molar-refractivity contribution in [3.63, 3.8) is 0 Å². The lowest BCUT2D eigenvalue weighted by Crippen LogP contribution is -2.17. The molecule has 1 fully saturated rings. The number of aldehydes is 1. The van der Waals surface area contributed by atoms with Crippen molar-refractivity contribution < 1.29 is 32.0 Å². The van der Waals surface area contributed by atoms with E-state index < -0.39 is 6.36 Å². The molecule has 0 amide bonds. The fourth-order valence-corrected chi connectivity index (χ4v) is 3.07. The lowest BCUT2D eigenvalue weighted by atomic mass is 10.0. The first-order chi connectivity index (χ1) is 14.0. The fourth-order valence-electron chi connectivity index (χ4n) is 3.07. The van der Waals surface area contributed by atoms with Gasteiger partial charge >= 0.3 is 6.36 Å². The van der Waals surface area contributed by atoms with Crippen LogP contribution >= 0.6 is 0 Å². The summed E-state index contributed by atoms with van der Waals surface area (Å²) >= 11 is 0. The third-order valence-corrected chi connectivity index (χ3v) is 4.55. The van der Waals surface area contributed by atoms with Gasteiger partial charge in [-0.1, -0.05) is 29.4 Å². The molecule has 29 heavy (non-hydrogen) atoms. The second-order valence-corrected chi connectivity index (χ2v) is 6.64. The van der Waals surface area contributed by atoms with Gasteiger partial charge in [-0.2, -0.15) is 0 Å². The van der Waals surface area contributed by atoms with Crippen LogP contribution in [0.5, 0.6) is 11.5 Å². The van der Waals surface area contributed by atoms with Crippen LogP contribution in [-0.4, -0.2) is 17.8 Å². The van der Waals surface area contributed by atoms with E-state index in [9.17, 15) is 18.0 Å². The molecule has 1 heterocycles. The Morgan fingerprint density at radius 2 is 1.76 bits per heavy atom. The van der Waals surface area contributed by atoms with Crippen molar-refractivity contribution in [2.45, 2.75) is 31.7 Å². The highest BCUT2D eigenvalue weighted by molar-refractivity contribution is 5.79. The normalized spacial score (nSPS) is 13.9. The summed E-state index contributed by atoms with van der Waals surface area (Å²) in [7, 11) is 0. The first-order valence-electron chi connectivity index (χ1n) is 8.97. The Labute approximate surface area is 164 Å². The Hall–Kier alpha value is -3.29. The topological polar surface area (TPSA) is 61.6 Å². The lowest BCUT2D eigenvalue weighted by molar-refractivity contribution is -0.274. The van der Waals surface area contributed by atoms with Crippen molar-refractivity contribution in [2.24, 2.45) is 0 Å². The average molecular weight is 403 g/mol. The number of hydrogen-bond acceptors (Lipinski definition) is 5. The zero-order chi connectivity index (χ0) is 20.4.